The Morgan fingerprint density at radius 2 is 1.53 bits per heavy atom. The van der Waals surface area contributed by atoms with E-state index in [4.69, 9.17) is 0 Å². The van der Waals surface area contributed by atoms with Gasteiger partial charge >= 0.3 is 0 Å². The molecule has 2 unspecified atom stereocenters. The second kappa shape index (κ2) is 3.95. The monoisotopic (exact) mass is 230 g/mol. The van der Waals surface area contributed by atoms with Crippen molar-refractivity contribution in [2.45, 2.75) is 25.7 Å². The predicted molar refractivity (Wildman–Crippen MR) is 62.2 cm³/mol. The maximum Gasteiger partial charge on any atom is 0.237 e. The molecule has 0 radical (unpaired) electrons. The standard InChI is InChI=1S/C13H14N2O2/c16-12-10-3-1-2-4-11(10)13(17)15(12)9-5-7-14-8-6-9/h5-8,10-11H,1-4H2. The highest BCUT2D eigenvalue weighted by molar-refractivity contribution is 6.22. The van der Waals surface area contributed by atoms with Crippen LogP contribution >= 0.6 is 0 Å². The molecule has 4 heteroatoms. The molecule has 1 aromatic heterocycles. The number of amides is 2. The molecule has 2 amide bonds. The number of hydrogen-bond donors (Lipinski definition) is 0. The first-order valence-corrected chi connectivity index (χ1v) is 6.07. The molecule has 0 spiro atoms. The van der Waals surface area contributed by atoms with Crippen LogP contribution in [0.2, 0.25) is 0 Å². The van der Waals surface area contributed by atoms with Gasteiger partial charge in [-0.3, -0.25) is 14.6 Å². The van der Waals surface area contributed by atoms with Crippen molar-refractivity contribution < 1.29 is 9.59 Å². The summed E-state index contributed by atoms with van der Waals surface area (Å²) in [5.74, 6) is -0.203. The molecule has 1 saturated heterocycles. The topological polar surface area (TPSA) is 50.3 Å². The summed E-state index contributed by atoms with van der Waals surface area (Å²) in [5.41, 5.74) is 0.657. The molecule has 4 nitrogen and oxygen atoms in total. The zero-order valence-corrected chi connectivity index (χ0v) is 9.50. The van der Waals surface area contributed by atoms with Crippen molar-refractivity contribution in [3.63, 3.8) is 0 Å². The molecule has 1 aliphatic heterocycles. The van der Waals surface area contributed by atoms with Gasteiger partial charge in [0.25, 0.3) is 0 Å². The lowest BCUT2D eigenvalue weighted by Gasteiger charge is -2.19. The normalized spacial score (nSPS) is 28.4. The summed E-state index contributed by atoms with van der Waals surface area (Å²) in [7, 11) is 0. The summed E-state index contributed by atoms with van der Waals surface area (Å²) in [5, 5.41) is 0. The summed E-state index contributed by atoms with van der Waals surface area (Å²) in [6.07, 6.45) is 7.05. The van der Waals surface area contributed by atoms with E-state index in [1.807, 2.05) is 0 Å². The molecule has 0 aromatic carbocycles. The van der Waals surface area contributed by atoms with Crippen LogP contribution in [-0.4, -0.2) is 16.8 Å². The Kier molecular flexibility index (Phi) is 2.42. The van der Waals surface area contributed by atoms with Gasteiger partial charge in [0, 0.05) is 12.4 Å². The summed E-state index contributed by atoms with van der Waals surface area (Å²) < 4.78 is 0. The zero-order valence-electron chi connectivity index (χ0n) is 9.50. The maximum absolute atomic E-state index is 12.2. The first kappa shape index (κ1) is 10.4. The van der Waals surface area contributed by atoms with Crippen LogP contribution in [-0.2, 0) is 9.59 Å². The van der Waals surface area contributed by atoms with Gasteiger partial charge in [0.15, 0.2) is 0 Å². The van der Waals surface area contributed by atoms with Crippen molar-refractivity contribution in [1.29, 1.82) is 0 Å². The highest BCUT2D eigenvalue weighted by Crippen LogP contribution is 2.39. The molecule has 1 aromatic rings. The third-order valence-corrected chi connectivity index (χ3v) is 3.76. The summed E-state index contributed by atoms with van der Waals surface area (Å²) >= 11 is 0. The van der Waals surface area contributed by atoms with E-state index in [2.05, 4.69) is 4.98 Å². The number of anilines is 1. The van der Waals surface area contributed by atoms with Crippen LogP contribution in [0, 0.1) is 11.8 Å². The van der Waals surface area contributed by atoms with Gasteiger partial charge in [-0.05, 0) is 25.0 Å². The molecule has 2 aliphatic rings. The molecule has 1 saturated carbocycles. The van der Waals surface area contributed by atoms with Crippen molar-refractivity contribution in [2.75, 3.05) is 4.90 Å². The Bertz CT molecular complexity index is 434. The molecule has 0 bridgehead atoms. The molecule has 2 fully saturated rings. The maximum atomic E-state index is 12.2. The second-order valence-electron chi connectivity index (χ2n) is 4.71. The second-order valence-corrected chi connectivity index (χ2v) is 4.71. The minimum atomic E-state index is -0.0792. The van der Waals surface area contributed by atoms with E-state index in [0.717, 1.165) is 25.7 Å². The van der Waals surface area contributed by atoms with Crippen LogP contribution in [0.4, 0.5) is 5.69 Å². The number of aromatic nitrogens is 1. The van der Waals surface area contributed by atoms with Crippen molar-refractivity contribution >= 4 is 17.5 Å². The van der Waals surface area contributed by atoms with Crippen molar-refractivity contribution in [3.05, 3.63) is 24.5 Å². The minimum absolute atomic E-state index is 0.0223. The van der Waals surface area contributed by atoms with Crippen LogP contribution in [0.15, 0.2) is 24.5 Å². The number of carbonyl (C=O) groups excluding carboxylic acids is 2. The van der Waals surface area contributed by atoms with Crippen LogP contribution in [0.3, 0.4) is 0 Å². The Labute approximate surface area is 99.6 Å². The molecule has 1 aliphatic carbocycles. The van der Waals surface area contributed by atoms with Crippen LogP contribution < -0.4 is 4.90 Å². The zero-order chi connectivity index (χ0) is 11.8. The molecule has 0 N–H and O–H groups in total. The van der Waals surface area contributed by atoms with Gasteiger partial charge in [-0.15, -0.1) is 0 Å². The highest BCUT2D eigenvalue weighted by atomic mass is 16.2. The number of pyridine rings is 1. The molecule has 3 rings (SSSR count). The van der Waals surface area contributed by atoms with Crippen molar-refractivity contribution in [1.82, 2.24) is 4.98 Å². The van der Waals surface area contributed by atoms with Gasteiger partial charge < -0.3 is 0 Å². The number of carbonyl (C=O) groups is 2. The fourth-order valence-electron chi connectivity index (χ4n) is 2.91. The summed E-state index contributed by atoms with van der Waals surface area (Å²) in [4.78, 5) is 29.7. The van der Waals surface area contributed by atoms with Gasteiger partial charge in [0.2, 0.25) is 11.8 Å². The average Bonchev–Trinajstić information content (AvgIpc) is 2.64. The Hall–Kier alpha value is -1.71. The highest BCUT2D eigenvalue weighted by Gasteiger charge is 2.48. The van der Waals surface area contributed by atoms with E-state index in [0.29, 0.717) is 5.69 Å². The SMILES string of the molecule is O=C1C2CCCCC2C(=O)N1c1ccncc1. The lowest BCUT2D eigenvalue weighted by Crippen LogP contribution is -2.30. The van der Waals surface area contributed by atoms with E-state index >= 15 is 0 Å². The van der Waals surface area contributed by atoms with E-state index in [1.165, 1.54) is 4.90 Å². The fourth-order valence-corrected chi connectivity index (χ4v) is 2.91. The number of fused-ring (bicyclic) bond motifs is 1. The fraction of sp³-hybridized carbons (Fsp3) is 0.462. The molecule has 17 heavy (non-hydrogen) atoms. The first-order chi connectivity index (χ1) is 8.29. The van der Waals surface area contributed by atoms with E-state index in [1.54, 1.807) is 24.5 Å². The van der Waals surface area contributed by atoms with Gasteiger partial charge in [-0.25, -0.2) is 4.90 Å². The predicted octanol–water partition coefficient (Wildman–Crippen LogP) is 1.76. The van der Waals surface area contributed by atoms with Gasteiger partial charge in [-0.1, -0.05) is 12.8 Å². The quantitative estimate of drug-likeness (QED) is 0.691. The number of imide groups is 1. The molecular formula is C13H14N2O2. The third kappa shape index (κ3) is 1.55. The minimum Gasteiger partial charge on any atom is -0.274 e. The number of rotatable bonds is 1. The first-order valence-electron chi connectivity index (χ1n) is 6.07. The lowest BCUT2D eigenvalue weighted by atomic mass is 9.81. The lowest BCUT2D eigenvalue weighted by molar-refractivity contribution is -0.122. The summed E-state index contributed by atoms with van der Waals surface area (Å²) in [6, 6.07) is 3.43. The number of nitrogens with zero attached hydrogens (tertiary/aromatic N) is 2. The largest absolute Gasteiger partial charge is 0.274 e. The molecule has 2 atom stereocenters. The summed E-state index contributed by atoms with van der Waals surface area (Å²) in [6.45, 7) is 0. The van der Waals surface area contributed by atoms with Gasteiger partial charge in [0.1, 0.15) is 0 Å². The molecular weight excluding hydrogens is 216 g/mol. The van der Waals surface area contributed by atoms with E-state index in [9.17, 15) is 9.59 Å². The molecule has 2 heterocycles. The third-order valence-electron chi connectivity index (χ3n) is 3.76. The van der Waals surface area contributed by atoms with Crippen LogP contribution in [0.25, 0.3) is 0 Å². The average molecular weight is 230 g/mol. The molecule has 88 valence electrons. The smallest absolute Gasteiger partial charge is 0.237 e. The van der Waals surface area contributed by atoms with Gasteiger partial charge in [-0.2, -0.15) is 0 Å². The van der Waals surface area contributed by atoms with Crippen molar-refractivity contribution in [2.24, 2.45) is 11.8 Å². The Balaban J connectivity index is 1.96. The van der Waals surface area contributed by atoms with E-state index in [-0.39, 0.29) is 23.7 Å². The van der Waals surface area contributed by atoms with E-state index < -0.39 is 0 Å². The van der Waals surface area contributed by atoms with Crippen molar-refractivity contribution in [3.8, 4) is 0 Å². The Morgan fingerprint density at radius 3 is 2.06 bits per heavy atom. The van der Waals surface area contributed by atoms with Crippen LogP contribution in [0.5, 0.6) is 0 Å². The number of hydrogen-bond acceptors (Lipinski definition) is 3. The van der Waals surface area contributed by atoms with Gasteiger partial charge in [0.05, 0.1) is 17.5 Å². The Morgan fingerprint density at radius 1 is 1.00 bits per heavy atom. The van der Waals surface area contributed by atoms with Crippen LogP contribution in [0.1, 0.15) is 25.7 Å².